The molecule has 0 atom stereocenters. The lowest BCUT2D eigenvalue weighted by molar-refractivity contribution is 1.43. The number of nitrogens with one attached hydrogen (secondary N) is 2. The Balaban J connectivity index is 2.02. The zero-order valence-electron chi connectivity index (χ0n) is 13.8. The fourth-order valence-corrected chi connectivity index (χ4v) is 7.46. The number of H-pyrrole nitrogens is 2. The average Bonchev–Trinajstić information content (AvgIpc) is 2.63. The number of pyridine rings is 2. The molecule has 2 heterocycles. The van der Waals surface area contributed by atoms with Crippen molar-refractivity contribution in [3.05, 3.63) is 71.1 Å². The van der Waals surface area contributed by atoms with Gasteiger partial charge in [-0.1, -0.05) is 0 Å². The summed E-state index contributed by atoms with van der Waals surface area (Å²) in [5, 5.41) is 2.48. The maximum absolute atomic E-state index is 13.2. The summed E-state index contributed by atoms with van der Waals surface area (Å²) in [6.07, 6.45) is 0. The fraction of sp³-hybridized carbons (Fsp3) is 0. The number of hydrogen-bond donors (Lipinski definition) is 2. The van der Waals surface area contributed by atoms with Crippen LogP contribution >= 0.6 is 90.4 Å². The highest BCUT2D eigenvalue weighted by atomic mass is 127. The van der Waals surface area contributed by atoms with Gasteiger partial charge in [-0.05, 0) is 127 Å². The molecule has 2 aromatic heterocycles. The smallest absolute Gasteiger partial charge is 0.197 e. The highest BCUT2D eigenvalue weighted by Crippen LogP contribution is 2.27. The SMILES string of the molecule is O=c1c2cc3[nH]c4c(I)cc(I)cc4c(=O)c3cc2[nH]c2c(I)cc(I)cc12. The van der Waals surface area contributed by atoms with Crippen molar-refractivity contribution in [2.24, 2.45) is 0 Å². The Hall–Kier alpha value is -0.480. The molecular formula is C20H8I4N2O2. The van der Waals surface area contributed by atoms with Gasteiger partial charge in [0.1, 0.15) is 0 Å². The van der Waals surface area contributed by atoms with Gasteiger partial charge in [0.05, 0.1) is 22.1 Å². The zero-order valence-corrected chi connectivity index (χ0v) is 22.4. The lowest BCUT2D eigenvalue weighted by Crippen LogP contribution is -2.09. The second-order valence-corrected chi connectivity index (χ2v) is 11.3. The van der Waals surface area contributed by atoms with Crippen LogP contribution in [0.25, 0.3) is 43.6 Å². The Bertz CT molecular complexity index is 1480. The first-order valence-corrected chi connectivity index (χ1v) is 12.4. The molecule has 0 aliphatic heterocycles. The molecule has 0 saturated carbocycles. The summed E-state index contributed by atoms with van der Waals surface area (Å²) in [6, 6.07) is 11.4. The Labute approximate surface area is 212 Å². The summed E-state index contributed by atoms with van der Waals surface area (Å²) >= 11 is 8.91. The largest absolute Gasteiger partial charge is 0.353 e. The van der Waals surface area contributed by atoms with Gasteiger partial charge in [0.2, 0.25) is 0 Å². The predicted molar refractivity (Wildman–Crippen MR) is 149 cm³/mol. The van der Waals surface area contributed by atoms with Crippen LogP contribution in [-0.2, 0) is 0 Å². The summed E-state index contributed by atoms with van der Waals surface area (Å²) in [7, 11) is 0. The van der Waals surface area contributed by atoms with Gasteiger partial charge in [-0.15, -0.1) is 0 Å². The van der Waals surface area contributed by atoms with E-state index < -0.39 is 0 Å². The monoisotopic (exact) mass is 816 g/mol. The lowest BCUT2D eigenvalue weighted by atomic mass is 10.1. The number of aromatic nitrogens is 2. The van der Waals surface area contributed by atoms with Crippen molar-refractivity contribution >= 4 is 134 Å². The standard InChI is InChI=1S/C20H8I4N2O2/c21-7-1-11-17(13(23)3-7)25-15-6-10-16(5-9(15)19(11)27)26-18-12(20(10)28)2-8(22)4-14(18)24/h1-6H,(H,25,27)(H,26,28). The number of benzene rings is 3. The molecule has 0 amide bonds. The molecule has 3 aromatic carbocycles. The van der Waals surface area contributed by atoms with Crippen LogP contribution in [0.4, 0.5) is 0 Å². The molecule has 0 aliphatic carbocycles. The van der Waals surface area contributed by atoms with E-state index in [9.17, 15) is 9.59 Å². The molecule has 28 heavy (non-hydrogen) atoms. The molecule has 2 N–H and O–H groups in total. The van der Waals surface area contributed by atoms with E-state index in [0.717, 1.165) is 25.3 Å². The van der Waals surface area contributed by atoms with Crippen LogP contribution in [0, 0.1) is 14.3 Å². The number of aromatic amines is 2. The maximum atomic E-state index is 13.2. The van der Waals surface area contributed by atoms with E-state index in [1.54, 1.807) is 12.1 Å². The minimum atomic E-state index is -0.0275. The van der Waals surface area contributed by atoms with Crippen LogP contribution in [0.3, 0.4) is 0 Å². The highest BCUT2D eigenvalue weighted by molar-refractivity contribution is 14.1. The first-order valence-electron chi connectivity index (χ1n) is 8.13. The molecular weight excluding hydrogens is 808 g/mol. The molecule has 0 saturated heterocycles. The molecule has 0 unspecified atom stereocenters. The fourth-order valence-electron chi connectivity index (χ4n) is 3.50. The highest BCUT2D eigenvalue weighted by Gasteiger charge is 2.14. The van der Waals surface area contributed by atoms with Gasteiger partial charge < -0.3 is 9.97 Å². The van der Waals surface area contributed by atoms with Gasteiger partial charge in [0, 0.05) is 35.8 Å². The van der Waals surface area contributed by atoms with Crippen molar-refractivity contribution in [2.75, 3.05) is 0 Å². The predicted octanol–water partition coefficient (Wildman–Crippen LogP) is 6.09. The van der Waals surface area contributed by atoms with Crippen LogP contribution in [0.5, 0.6) is 0 Å². The molecule has 5 aromatic rings. The summed E-state index contributed by atoms with van der Waals surface area (Å²) in [4.78, 5) is 33.1. The van der Waals surface area contributed by atoms with Crippen LogP contribution in [0.2, 0.25) is 0 Å². The number of halogens is 4. The van der Waals surface area contributed by atoms with Crippen LogP contribution in [-0.4, -0.2) is 9.97 Å². The van der Waals surface area contributed by atoms with Gasteiger partial charge in [-0.25, -0.2) is 0 Å². The molecule has 0 bridgehead atoms. The van der Waals surface area contributed by atoms with E-state index in [0.29, 0.717) is 32.6 Å². The van der Waals surface area contributed by atoms with Crippen molar-refractivity contribution in [3.63, 3.8) is 0 Å². The van der Waals surface area contributed by atoms with Gasteiger partial charge in [-0.3, -0.25) is 9.59 Å². The Kier molecular flexibility index (Phi) is 4.90. The number of hydrogen-bond acceptors (Lipinski definition) is 2. The van der Waals surface area contributed by atoms with E-state index in [2.05, 4.69) is 100 Å². The second-order valence-electron chi connectivity index (χ2n) is 6.47. The average molecular weight is 816 g/mol. The summed E-state index contributed by atoms with van der Waals surface area (Å²) in [6.45, 7) is 0. The molecule has 0 fully saturated rings. The molecule has 0 spiro atoms. The van der Waals surface area contributed by atoms with Crippen molar-refractivity contribution in [3.8, 4) is 0 Å². The lowest BCUT2D eigenvalue weighted by Gasteiger charge is -2.09. The van der Waals surface area contributed by atoms with Crippen molar-refractivity contribution in [1.82, 2.24) is 9.97 Å². The normalized spacial score (nSPS) is 11.9. The van der Waals surface area contributed by atoms with E-state index in [4.69, 9.17) is 0 Å². The molecule has 4 nitrogen and oxygen atoms in total. The quantitative estimate of drug-likeness (QED) is 0.147. The van der Waals surface area contributed by atoms with Gasteiger partial charge >= 0.3 is 0 Å². The topological polar surface area (TPSA) is 65.7 Å². The van der Waals surface area contributed by atoms with E-state index in [-0.39, 0.29) is 10.9 Å². The summed E-state index contributed by atoms with van der Waals surface area (Å²) in [5.41, 5.74) is 2.91. The van der Waals surface area contributed by atoms with E-state index in [1.165, 1.54) is 0 Å². The molecule has 0 aliphatic rings. The zero-order chi connectivity index (χ0) is 19.7. The Morgan fingerprint density at radius 3 is 1.32 bits per heavy atom. The third-order valence-electron chi connectivity index (χ3n) is 4.77. The third kappa shape index (κ3) is 3.00. The molecule has 5 rings (SSSR count). The van der Waals surface area contributed by atoms with Crippen molar-refractivity contribution < 1.29 is 0 Å². The molecule has 138 valence electrons. The van der Waals surface area contributed by atoms with Crippen molar-refractivity contribution in [1.29, 1.82) is 0 Å². The third-order valence-corrected chi connectivity index (χ3v) is 7.71. The summed E-state index contributed by atoms with van der Waals surface area (Å²) in [5.74, 6) is 0. The minimum absolute atomic E-state index is 0.0275. The van der Waals surface area contributed by atoms with Gasteiger partial charge in [0.15, 0.2) is 10.9 Å². The van der Waals surface area contributed by atoms with Crippen LogP contribution < -0.4 is 10.9 Å². The number of fused-ring (bicyclic) bond motifs is 4. The van der Waals surface area contributed by atoms with Crippen LogP contribution in [0.15, 0.2) is 46.0 Å². The molecule has 8 heteroatoms. The van der Waals surface area contributed by atoms with E-state index >= 15 is 0 Å². The maximum Gasteiger partial charge on any atom is 0.197 e. The Morgan fingerprint density at radius 2 is 0.929 bits per heavy atom. The summed E-state index contributed by atoms with van der Waals surface area (Å²) < 4.78 is 4.00. The van der Waals surface area contributed by atoms with Crippen LogP contribution in [0.1, 0.15) is 0 Å². The van der Waals surface area contributed by atoms with E-state index in [1.807, 2.05) is 24.3 Å². The number of rotatable bonds is 0. The molecule has 0 radical (unpaired) electrons. The van der Waals surface area contributed by atoms with Gasteiger partial charge in [0.25, 0.3) is 0 Å². The minimum Gasteiger partial charge on any atom is -0.353 e. The first kappa shape index (κ1) is 19.5. The first-order chi connectivity index (χ1) is 13.3. The second kappa shape index (κ2) is 7.04. The van der Waals surface area contributed by atoms with Crippen molar-refractivity contribution in [2.45, 2.75) is 0 Å². The van der Waals surface area contributed by atoms with Gasteiger partial charge in [-0.2, -0.15) is 0 Å². The Morgan fingerprint density at radius 1 is 0.536 bits per heavy atom.